The van der Waals surface area contributed by atoms with E-state index in [4.69, 9.17) is 11.6 Å². The minimum Gasteiger partial charge on any atom is -0.465 e. The number of benzene rings is 1. The number of hydrogen-bond acceptors (Lipinski definition) is 2. The van der Waals surface area contributed by atoms with E-state index in [1.165, 1.54) is 7.11 Å². The second-order valence-electron chi connectivity index (χ2n) is 2.54. The first-order chi connectivity index (χ1) is 6.63. The van der Waals surface area contributed by atoms with Crippen LogP contribution >= 0.6 is 27.5 Å². The van der Waals surface area contributed by atoms with Crippen LogP contribution < -0.4 is 0 Å². The van der Waals surface area contributed by atoms with Crippen molar-refractivity contribution in [3.63, 3.8) is 0 Å². The molecule has 0 unspecified atom stereocenters. The minimum atomic E-state index is -0.533. The van der Waals surface area contributed by atoms with E-state index < -0.39 is 5.97 Å². The van der Waals surface area contributed by atoms with Crippen LogP contribution in [-0.4, -0.2) is 13.1 Å². The number of ether oxygens (including phenoxy) is 1. The van der Waals surface area contributed by atoms with Crippen molar-refractivity contribution in [1.29, 1.82) is 0 Å². The van der Waals surface area contributed by atoms with Crippen LogP contribution in [0.15, 0.2) is 33.8 Å². The van der Waals surface area contributed by atoms with Crippen LogP contribution in [-0.2, 0) is 9.53 Å². The summed E-state index contributed by atoms with van der Waals surface area (Å²) >= 11 is 8.99. The van der Waals surface area contributed by atoms with Gasteiger partial charge in [-0.3, -0.25) is 0 Å². The summed E-state index contributed by atoms with van der Waals surface area (Å²) in [6.45, 7) is 0. The highest BCUT2D eigenvalue weighted by Gasteiger charge is 2.04. The molecule has 0 aromatic heterocycles. The van der Waals surface area contributed by atoms with Gasteiger partial charge in [0.2, 0.25) is 0 Å². The third-order valence-corrected chi connectivity index (χ3v) is 2.34. The van der Waals surface area contributed by atoms with Crippen LogP contribution in [0, 0.1) is 0 Å². The molecule has 0 aliphatic rings. The van der Waals surface area contributed by atoms with Crippen molar-refractivity contribution >= 4 is 39.6 Å². The summed E-state index contributed by atoms with van der Waals surface area (Å²) in [4.78, 5) is 11.0. The third kappa shape index (κ3) is 3.16. The van der Waals surface area contributed by atoms with Gasteiger partial charge in [0, 0.05) is 4.47 Å². The smallest absolute Gasteiger partial charge is 0.349 e. The molecule has 0 aliphatic carbocycles. The monoisotopic (exact) mass is 274 g/mol. The lowest BCUT2D eigenvalue weighted by atomic mass is 10.2. The molecule has 0 heterocycles. The van der Waals surface area contributed by atoms with Crippen molar-refractivity contribution in [2.24, 2.45) is 0 Å². The Kier molecular flexibility index (Phi) is 4.17. The molecule has 0 fully saturated rings. The van der Waals surface area contributed by atoms with Crippen LogP contribution in [0.5, 0.6) is 0 Å². The van der Waals surface area contributed by atoms with Crippen molar-refractivity contribution in [2.75, 3.05) is 7.11 Å². The molecule has 0 aliphatic heterocycles. The summed E-state index contributed by atoms with van der Waals surface area (Å²) in [6, 6.07) is 7.42. The molecule has 0 spiro atoms. The first-order valence-corrected chi connectivity index (χ1v) is 5.01. The second kappa shape index (κ2) is 5.17. The number of methoxy groups -OCH3 is 1. The summed E-state index contributed by atoms with van der Waals surface area (Å²) in [6.07, 6.45) is 1.56. The van der Waals surface area contributed by atoms with E-state index in [-0.39, 0.29) is 5.03 Å². The maximum absolute atomic E-state index is 11.0. The number of esters is 1. The zero-order valence-electron chi connectivity index (χ0n) is 7.46. The molecule has 1 rings (SSSR count). The van der Waals surface area contributed by atoms with Crippen molar-refractivity contribution in [3.8, 4) is 0 Å². The highest BCUT2D eigenvalue weighted by atomic mass is 79.9. The Morgan fingerprint density at radius 1 is 1.43 bits per heavy atom. The number of rotatable bonds is 2. The fourth-order valence-corrected chi connectivity index (χ4v) is 1.33. The van der Waals surface area contributed by atoms with Crippen molar-refractivity contribution in [2.45, 2.75) is 0 Å². The van der Waals surface area contributed by atoms with Gasteiger partial charge >= 0.3 is 5.97 Å². The Labute approximate surface area is 95.6 Å². The third-order valence-electron chi connectivity index (χ3n) is 1.54. The molecule has 0 saturated heterocycles. The maximum Gasteiger partial charge on any atom is 0.349 e. The van der Waals surface area contributed by atoms with Gasteiger partial charge in [0.25, 0.3) is 0 Å². The molecule has 0 saturated carbocycles. The van der Waals surface area contributed by atoms with Crippen molar-refractivity contribution < 1.29 is 9.53 Å². The zero-order chi connectivity index (χ0) is 10.6. The van der Waals surface area contributed by atoms with Crippen LogP contribution in [0.4, 0.5) is 0 Å². The Balaban J connectivity index is 2.86. The van der Waals surface area contributed by atoms with E-state index in [2.05, 4.69) is 20.7 Å². The molecule has 1 aromatic rings. The Bertz CT molecular complexity index is 357. The van der Waals surface area contributed by atoms with E-state index >= 15 is 0 Å². The largest absolute Gasteiger partial charge is 0.465 e. The van der Waals surface area contributed by atoms with Gasteiger partial charge in [0.1, 0.15) is 5.03 Å². The van der Waals surface area contributed by atoms with Crippen LogP contribution in [0.1, 0.15) is 5.56 Å². The normalized spacial score (nSPS) is 11.2. The molecule has 2 nitrogen and oxygen atoms in total. The lowest BCUT2D eigenvalue weighted by Crippen LogP contribution is -1.98. The molecule has 14 heavy (non-hydrogen) atoms. The number of carbonyl (C=O) groups excluding carboxylic acids is 1. The van der Waals surface area contributed by atoms with Gasteiger partial charge < -0.3 is 4.74 Å². The highest BCUT2D eigenvalue weighted by molar-refractivity contribution is 9.10. The van der Waals surface area contributed by atoms with Gasteiger partial charge in [0.15, 0.2) is 0 Å². The fraction of sp³-hybridized carbons (Fsp3) is 0.100. The molecular weight excluding hydrogens is 267 g/mol. The van der Waals surface area contributed by atoms with Gasteiger partial charge in [-0.15, -0.1) is 0 Å². The van der Waals surface area contributed by atoms with E-state index in [1.54, 1.807) is 6.08 Å². The zero-order valence-corrected chi connectivity index (χ0v) is 9.80. The SMILES string of the molecule is COC(=O)/C(Cl)=C/c1ccc(Br)cc1. The Hall–Kier alpha value is -0.800. The van der Waals surface area contributed by atoms with Gasteiger partial charge in [-0.25, -0.2) is 4.79 Å². The van der Waals surface area contributed by atoms with Crippen LogP contribution in [0.2, 0.25) is 0 Å². The summed E-state index contributed by atoms with van der Waals surface area (Å²) in [7, 11) is 1.29. The van der Waals surface area contributed by atoms with Crippen LogP contribution in [0.25, 0.3) is 6.08 Å². The molecule has 1 aromatic carbocycles. The molecule has 4 heteroatoms. The van der Waals surface area contributed by atoms with Crippen LogP contribution in [0.3, 0.4) is 0 Å². The number of carbonyl (C=O) groups is 1. The Morgan fingerprint density at radius 2 is 2.00 bits per heavy atom. The maximum atomic E-state index is 11.0. The predicted molar refractivity (Wildman–Crippen MR) is 60.0 cm³/mol. The minimum absolute atomic E-state index is 0.0647. The fourth-order valence-electron chi connectivity index (χ4n) is 0.862. The topological polar surface area (TPSA) is 26.3 Å². The molecular formula is C10H8BrClO2. The summed E-state index contributed by atoms with van der Waals surface area (Å²) in [5, 5.41) is 0.0647. The molecule has 74 valence electrons. The number of hydrogen-bond donors (Lipinski definition) is 0. The first-order valence-electron chi connectivity index (χ1n) is 3.84. The average molecular weight is 276 g/mol. The van der Waals surface area contributed by atoms with Crippen molar-refractivity contribution in [1.82, 2.24) is 0 Å². The average Bonchev–Trinajstić information content (AvgIpc) is 2.20. The van der Waals surface area contributed by atoms with Gasteiger partial charge in [-0.2, -0.15) is 0 Å². The summed E-state index contributed by atoms with van der Waals surface area (Å²) < 4.78 is 5.44. The standard InChI is InChI=1S/C10H8BrClO2/c1-14-10(13)9(12)6-7-2-4-8(11)5-3-7/h2-6H,1H3/b9-6-. The molecule has 0 N–H and O–H groups in total. The number of halogens is 2. The second-order valence-corrected chi connectivity index (χ2v) is 3.86. The molecule has 0 atom stereocenters. The van der Waals surface area contributed by atoms with Crippen molar-refractivity contribution in [3.05, 3.63) is 39.3 Å². The lowest BCUT2D eigenvalue weighted by Gasteiger charge is -1.97. The summed E-state index contributed by atoms with van der Waals surface area (Å²) in [5.74, 6) is -0.533. The lowest BCUT2D eigenvalue weighted by molar-refractivity contribution is -0.135. The Morgan fingerprint density at radius 3 is 2.50 bits per heavy atom. The van der Waals surface area contributed by atoms with Gasteiger partial charge in [0.05, 0.1) is 7.11 Å². The van der Waals surface area contributed by atoms with E-state index in [1.807, 2.05) is 24.3 Å². The molecule has 0 radical (unpaired) electrons. The van der Waals surface area contributed by atoms with E-state index in [9.17, 15) is 4.79 Å². The van der Waals surface area contributed by atoms with E-state index in [0.717, 1.165) is 10.0 Å². The summed E-state index contributed by atoms with van der Waals surface area (Å²) in [5.41, 5.74) is 0.851. The molecule has 0 amide bonds. The van der Waals surface area contributed by atoms with Gasteiger partial charge in [-0.1, -0.05) is 39.7 Å². The quantitative estimate of drug-likeness (QED) is 0.612. The van der Waals surface area contributed by atoms with Gasteiger partial charge in [-0.05, 0) is 23.8 Å². The first kappa shape index (κ1) is 11.3. The predicted octanol–water partition coefficient (Wildman–Crippen LogP) is 3.20. The molecule has 0 bridgehead atoms. The highest BCUT2D eigenvalue weighted by Crippen LogP contribution is 2.15. The van der Waals surface area contributed by atoms with E-state index in [0.29, 0.717) is 0 Å².